The lowest BCUT2D eigenvalue weighted by molar-refractivity contribution is 0.416. The fourth-order valence-electron chi connectivity index (χ4n) is 3.76. The monoisotopic (exact) mass is 1180 g/mol. The summed E-state index contributed by atoms with van der Waals surface area (Å²) in [7, 11) is 0. The molecule has 0 amide bonds. The predicted molar refractivity (Wildman–Crippen MR) is 324 cm³/mol. The molecule has 4 N–H and O–H groups in total. The largest absolute Gasteiger partial charge is 0.473 e. The van der Waals surface area contributed by atoms with E-state index in [0.717, 1.165) is 6.42 Å². The van der Waals surface area contributed by atoms with Crippen molar-refractivity contribution in [2.75, 3.05) is 0 Å². The highest BCUT2D eigenvalue weighted by Crippen LogP contribution is 1.91. The van der Waals surface area contributed by atoms with Crippen LogP contribution in [0.4, 0.5) is 0 Å². The van der Waals surface area contributed by atoms with Crippen molar-refractivity contribution in [1.82, 2.24) is 111 Å². The van der Waals surface area contributed by atoms with Gasteiger partial charge in [0.05, 0.1) is 31.2 Å². The summed E-state index contributed by atoms with van der Waals surface area (Å²) in [6.07, 6.45) is 63.4. The molecule has 16 rings (SSSR count). The van der Waals surface area contributed by atoms with Gasteiger partial charge in [0.2, 0.25) is 6.39 Å². The van der Waals surface area contributed by atoms with Crippen molar-refractivity contribution in [3.05, 3.63) is 345 Å². The molecule has 0 unspecified atom stereocenters. The Morgan fingerprint density at radius 2 is 0.849 bits per heavy atom. The van der Waals surface area contributed by atoms with Gasteiger partial charge in [-0.15, -0.1) is 0 Å². The molecule has 0 radical (unpaired) electrons. The maximum absolute atomic E-state index is 4.58. The third-order valence-electron chi connectivity index (χ3n) is 7.06. The molecule has 1 aliphatic heterocycles. The van der Waals surface area contributed by atoms with Crippen molar-refractivity contribution in [2.24, 2.45) is 4.99 Å². The topological polar surface area (TPSA) is 360 Å². The second kappa shape index (κ2) is 68.5. The van der Waals surface area contributed by atoms with Crippen molar-refractivity contribution in [2.45, 2.75) is 6.42 Å². The Hall–Kier alpha value is -12.6. The molecule has 16 heterocycles. The van der Waals surface area contributed by atoms with Crippen LogP contribution in [0.5, 0.6) is 0 Å². The first-order chi connectivity index (χ1) is 43.0. The molecule has 440 valence electrons. The summed E-state index contributed by atoms with van der Waals surface area (Å²) >= 11 is 1.71. The van der Waals surface area contributed by atoms with Gasteiger partial charge < -0.3 is 32.7 Å². The number of hydrogen-bond acceptors (Lipinski definition) is 24. The number of hydrogen-bond donors (Lipinski definition) is 4. The van der Waals surface area contributed by atoms with Crippen LogP contribution < -0.4 is 0 Å². The SMILES string of the molecule is C1=CN=CC1.c1c[nH]cn1.c1cc[nH]c1.c1cc[nH]c1.c1ccncc1.c1ccnnc1.c1ccnnc1.c1ccoc1.c1ccsc1.c1cn[nH]c1.c1cnccn1.c1cncnc1.c1cocn1.c1cocn1.c1ncncn1.c1ncon1. The van der Waals surface area contributed by atoms with Gasteiger partial charge in [-0.25, -0.2) is 44.9 Å². The number of aliphatic imine (C=N–C) groups is 1. The number of aromatic amines is 4. The minimum Gasteiger partial charge on any atom is -0.473 e. The zero-order valence-electron chi connectivity index (χ0n) is 46.2. The average Bonchev–Trinajstić information content (AvgIpc) is 4.45. The van der Waals surface area contributed by atoms with Gasteiger partial charge in [0.15, 0.2) is 19.1 Å². The van der Waals surface area contributed by atoms with E-state index in [0.29, 0.717) is 0 Å². The molecular weight excluding hydrogens is 1110 g/mol. The van der Waals surface area contributed by atoms with Crippen LogP contribution >= 0.6 is 11.3 Å². The average molecular weight is 1180 g/mol. The van der Waals surface area contributed by atoms with Gasteiger partial charge in [-0.05, 0) is 95.7 Å². The molecule has 15 aromatic rings. The molecular formula is C58H63N23O4S. The normalized spacial score (nSPS) is 8.56. The maximum atomic E-state index is 4.58. The fraction of sp³-hybridized carbons (Fsp3) is 0.0172. The standard InChI is InChI=1S/C5H5N.4C4H4N2.3C4H5N.C4H4O.C4H4S.C3H3N3.2C3H4N2.2C3H3NO.C2H2N2O/c1-2-4-6-5-3-1;1-2-6-4-3-5-1;1-2-5-4-6-3-1;2*1-2-4-6-5-3-1;5*1-2-4-5-3-1;1-4-2-6-3-5-1;1-2-5-3-4-1;1-2-4-5-3-1;2*1-2-5-3-4-1;1-3-2-5-4-1/h1-5H;4*1-4H;1,3-4H,2H2;2*1-5H;2*1-4H;1-3H;2*1-3H,(H,4,5);2*1-3H;1-2H. The van der Waals surface area contributed by atoms with Gasteiger partial charge in [-0.1, -0.05) is 29.4 Å². The Bertz CT molecular complexity index is 2270. The van der Waals surface area contributed by atoms with Crippen molar-refractivity contribution in [1.29, 1.82) is 0 Å². The minimum absolute atomic E-state index is 1.03. The Kier molecular flexibility index (Phi) is 56.9. The van der Waals surface area contributed by atoms with Crippen LogP contribution in [-0.4, -0.2) is 117 Å². The molecule has 15 aromatic heterocycles. The van der Waals surface area contributed by atoms with Crippen LogP contribution in [0.25, 0.3) is 0 Å². The summed E-state index contributed by atoms with van der Waals surface area (Å²) in [6.45, 7) is 0. The van der Waals surface area contributed by atoms with E-state index in [1.807, 2.05) is 145 Å². The molecule has 0 saturated carbocycles. The summed E-state index contributed by atoms with van der Waals surface area (Å²) in [5, 5.41) is 27.7. The summed E-state index contributed by atoms with van der Waals surface area (Å²) in [5.41, 5.74) is 0. The number of pyridine rings is 1. The fourth-order valence-corrected chi connectivity index (χ4v) is 4.22. The first-order valence-corrected chi connectivity index (χ1v) is 25.6. The third kappa shape index (κ3) is 65.7. The zero-order valence-corrected chi connectivity index (χ0v) is 47.0. The van der Waals surface area contributed by atoms with Gasteiger partial charge >= 0.3 is 0 Å². The lowest BCUT2D eigenvalue weighted by Crippen LogP contribution is -1.73. The van der Waals surface area contributed by atoms with Crippen molar-refractivity contribution >= 4 is 17.6 Å². The summed E-state index contributed by atoms with van der Waals surface area (Å²) in [5.74, 6) is 0. The molecule has 0 aliphatic carbocycles. The molecule has 0 fully saturated rings. The van der Waals surface area contributed by atoms with E-state index in [1.54, 1.807) is 154 Å². The van der Waals surface area contributed by atoms with Crippen molar-refractivity contribution in [3.8, 4) is 0 Å². The number of imidazole rings is 1. The second-order valence-corrected chi connectivity index (χ2v) is 14.0. The molecule has 0 saturated heterocycles. The Morgan fingerprint density at radius 1 is 0.326 bits per heavy atom. The van der Waals surface area contributed by atoms with Crippen LogP contribution in [0.1, 0.15) is 6.42 Å². The summed E-state index contributed by atoms with van der Waals surface area (Å²) < 4.78 is 17.8. The smallest absolute Gasteiger partial charge is 0.213 e. The summed E-state index contributed by atoms with van der Waals surface area (Å²) in [4.78, 5) is 55.7. The Labute approximate surface area is 499 Å². The van der Waals surface area contributed by atoms with E-state index >= 15 is 0 Å². The molecule has 27 nitrogen and oxygen atoms in total. The minimum atomic E-state index is 1.03. The van der Waals surface area contributed by atoms with Gasteiger partial charge in [-0.2, -0.15) is 36.8 Å². The van der Waals surface area contributed by atoms with Gasteiger partial charge in [-0.3, -0.25) is 25.0 Å². The van der Waals surface area contributed by atoms with E-state index in [2.05, 4.69) is 133 Å². The second-order valence-electron chi connectivity index (χ2n) is 13.2. The van der Waals surface area contributed by atoms with Gasteiger partial charge in [0.25, 0.3) is 0 Å². The van der Waals surface area contributed by atoms with Crippen LogP contribution in [0.3, 0.4) is 0 Å². The molecule has 1 aliphatic rings. The number of allylic oxidation sites excluding steroid dienone is 1. The highest BCUT2D eigenvalue weighted by atomic mass is 32.1. The maximum Gasteiger partial charge on any atom is 0.213 e. The molecule has 28 heteroatoms. The predicted octanol–water partition coefficient (Wildman–Crippen LogP) is 11.1. The quantitative estimate of drug-likeness (QED) is 0.110. The summed E-state index contributed by atoms with van der Waals surface area (Å²) in [6, 6.07) is 32.1. The molecule has 0 atom stereocenters. The van der Waals surface area contributed by atoms with E-state index in [1.165, 1.54) is 63.3 Å². The number of nitrogens with zero attached hydrogens (tertiary/aromatic N) is 19. The molecule has 0 aromatic carbocycles. The van der Waals surface area contributed by atoms with Gasteiger partial charge in [0.1, 0.15) is 37.8 Å². The molecule has 86 heavy (non-hydrogen) atoms. The molecule has 0 bridgehead atoms. The number of nitrogens with one attached hydrogen (secondary N) is 4. The number of furan rings is 1. The third-order valence-corrected chi connectivity index (χ3v) is 7.69. The lowest BCUT2D eigenvalue weighted by Gasteiger charge is -1.70. The van der Waals surface area contributed by atoms with E-state index in [-0.39, 0.29) is 0 Å². The zero-order chi connectivity index (χ0) is 60.8. The van der Waals surface area contributed by atoms with Crippen LogP contribution in [0.15, 0.2) is 367 Å². The molecule has 0 spiro atoms. The van der Waals surface area contributed by atoms with E-state index < -0.39 is 0 Å². The number of H-pyrrole nitrogens is 4. The van der Waals surface area contributed by atoms with Crippen molar-refractivity contribution < 1.29 is 17.8 Å². The first kappa shape index (κ1) is 71.4. The Morgan fingerprint density at radius 3 is 1.00 bits per heavy atom. The Balaban J connectivity index is 0.000000459. The number of oxazole rings is 2. The highest BCUT2D eigenvalue weighted by Gasteiger charge is 1.73. The number of aromatic nitrogens is 22. The van der Waals surface area contributed by atoms with Crippen molar-refractivity contribution in [3.63, 3.8) is 0 Å². The van der Waals surface area contributed by atoms with Gasteiger partial charge in [0, 0.05) is 143 Å². The van der Waals surface area contributed by atoms with Crippen LogP contribution in [0, 0.1) is 0 Å². The van der Waals surface area contributed by atoms with E-state index in [9.17, 15) is 0 Å². The van der Waals surface area contributed by atoms with Crippen LogP contribution in [0.2, 0.25) is 0 Å². The highest BCUT2D eigenvalue weighted by molar-refractivity contribution is 7.07. The van der Waals surface area contributed by atoms with Crippen LogP contribution in [-0.2, 0) is 0 Å². The van der Waals surface area contributed by atoms with E-state index in [4.69, 9.17) is 0 Å². The number of thiophene rings is 1. The lowest BCUT2D eigenvalue weighted by atomic mass is 10.5. The number of rotatable bonds is 0. The first-order valence-electron chi connectivity index (χ1n) is 24.7.